The zero-order valence-corrected chi connectivity index (χ0v) is 14.5. The average Bonchev–Trinajstić information content (AvgIpc) is 3.06. The monoisotopic (exact) mass is 361 g/mol. The fourth-order valence-electron chi connectivity index (χ4n) is 1.89. The number of oxazole rings is 1. The van der Waals surface area contributed by atoms with Gasteiger partial charge < -0.3 is 9.52 Å². The van der Waals surface area contributed by atoms with E-state index in [4.69, 9.17) is 21.1 Å². The van der Waals surface area contributed by atoms with Crippen molar-refractivity contribution in [3.8, 4) is 22.6 Å². The molecule has 0 radical (unpaired) electrons. The summed E-state index contributed by atoms with van der Waals surface area (Å²) < 4.78 is 5.49. The van der Waals surface area contributed by atoms with E-state index in [1.54, 1.807) is 0 Å². The number of carboxylic acid groups (broad SMARTS) is 1. The molecule has 0 aliphatic heterocycles. The van der Waals surface area contributed by atoms with Crippen molar-refractivity contribution >= 4 is 30.2 Å². The molecule has 4 nitrogen and oxygen atoms in total. The predicted octanol–water partition coefficient (Wildman–Crippen LogP) is 5.05. The molecule has 124 valence electrons. The minimum absolute atomic E-state index is 0.537. The molecule has 0 aliphatic carbocycles. The lowest BCUT2D eigenvalue weighted by Gasteiger charge is -2.03. The van der Waals surface area contributed by atoms with Gasteiger partial charge in [0, 0.05) is 11.1 Å². The topological polar surface area (TPSA) is 63.3 Å². The Bertz CT molecular complexity index is 803. The number of halogens is 1. The van der Waals surface area contributed by atoms with E-state index in [2.05, 4.69) is 17.6 Å². The third-order valence-corrected chi connectivity index (χ3v) is 3.64. The molecule has 1 atom stereocenters. The van der Waals surface area contributed by atoms with Crippen LogP contribution < -0.4 is 0 Å². The Morgan fingerprint density at radius 3 is 2.33 bits per heavy atom. The summed E-state index contributed by atoms with van der Waals surface area (Å²) >= 11 is 9.79. The summed E-state index contributed by atoms with van der Waals surface area (Å²) in [7, 11) is 0. The number of hydrogen-bond donors (Lipinski definition) is 2. The molecule has 0 fully saturated rings. The Morgan fingerprint density at radius 1 is 1.17 bits per heavy atom. The average molecular weight is 362 g/mol. The van der Waals surface area contributed by atoms with E-state index in [0.717, 1.165) is 22.6 Å². The van der Waals surface area contributed by atoms with Crippen LogP contribution in [0.1, 0.15) is 6.92 Å². The molecule has 0 saturated heterocycles. The van der Waals surface area contributed by atoms with Gasteiger partial charge in [0.1, 0.15) is 5.69 Å². The van der Waals surface area contributed by atoms with Gasteiger partial charge in [-0.2, -0.15) is 12.6 Å². The van der Waals surface area contributed by atoms with Gasteiger partial charge in [-0.15, -0.1) is 0 Å². The summed E-state index contributed by atoms with van der Waals surface area (Å²) in [5, 5.41) is 8.05. The van der Waals surface area contributed by atoms with Crippen LogP contribution in [0, 0.1) is 0 Å². The van der Waals surface area contributed by atoms with Crippen molar-refractivity contribution in [3.05, 3.63) is 66.0 Å². The first-order valence-corrected chi connectivity index (χ1v) is 8.04. The number of aromatic nitrogens is 1. The van der Waals surface area contributed by atoms with E-state index < -0.39 is 11.2 Å². The highest BCUT2D eigenvalue weighted by molar-refractivity contribution is 7.81. The minimum atomic E-state index is -0.877. The smallest absolute Gasteiger partial charge is 0.316 e. The zero-order valence-electron chi connectivity index (χ0n) is 12.9. The van der Waals surface area contributed by atoms with Crippen LogP contribution in [0.15, 0.2) is 65.4 Å². The molecule has 0 saturated carbocycles. The van der Waals surface area contributed by atoms with E-state index in [0.29, 0.717) is 5.02 Å². The van der Waals surface area contributed by atoms with Gasteiger partial charge in [0.2, 0.25) is 0 Å². The Kier molecular flexibility index (Phi) is 6.46. The lowest BCUT2D eigenvalue weighted by Crippen LogP contribution is -2.06. The summed E-state index contributed by atoms with van der Waals surface area (Å²) in [6.07, 6.45) is 1.45. The van der Waals surface area contributed by atoms with Crippen molar-refractivity contribution in [2.45, 2.75) is 12.2 Å². The molecular weight excluding hydrogens is 346 g/mol. The molecule has 24 heavy (non-hydrogen) atoms. The third-order valence-electron chi connectivity index (χ3n) is 3.09. The number of thiol groups is 1. The van der Waals surface area contributed by atoms with Crippen molar-refractivity contribution in [1.29, 1.82) is 0 Å². The lowest BCUT2D eigenvalue weighted by molar-refractivity contribution is -0.136. The Balaban J connectivity index is 0.000000301. The largest absolute Gasteiger partial charge is 0.480 e. The number of nitrogens with zero attached hydrogens (tertiary/aromatic N) is 1. The third kappa shape index (κ3) is 4.63. The SMILES string of the molecule is CC(S)C(=O)O.Clc1ccccc1-c1ncoc1-c1ccccc1. The Labute approximate surface area is 150 Å². The van der Waals surface area contributed by atoms with Crippen LogP contribution in [0.5, 0.6) is 0 Å². The molecule has 1 heterocycles. The first-order valence-electron chi connectivity index (χ1n) is 7.15. The summed E-state index contributed by atoms with van der Waals surface area (Å²) in [5.41, 5.74) is 2.64. The van der Waals surface area contributed by atoms with Crippen molar-refractivity contribution in [1.82, 2.24) is 4.98 Å². The molecule has 1 N–H and O–H groups in total. The fourth-order valence-corrected chi connectivity index (χ4v) is 2.11. The minimum Gasteiger partial charge on any atom is -0.480 e. The quantitative estimate of drug-likeness (QED) is 0.640. The maximum absolute atomic E-state index is 9.62. The second kappa shape index (κ2) is 8.57. The highest BCUT2D eigenvalue weighted by Crippen LogP contribution is 2.34. The zero-order chi connectivity index (χ0) is 17.5. The van der Waals surface area contributed by atoms with Crippen LogP contribution in [0.4, 0.5) is 0 Å². The van der Waals surface area contributed by atoms with Gasteiger partial charge in [-0.1, -0.05) is 60.1 Å². The maximum Gasteiger partial charge on any atom is 0.316 e. The summed E-state index contributed by atoms with van der Waals surface area (Å²) in [6, 6.07) is 17.5. The van der Waals surface area contributed by atoms with E-state index in [1.807, 2.05) is 54.6 Å². The van der Waals surface area contributed by atoms with Crippen LogP contribution in [-0.4, -0.2) is 21.3 Å². The highest BCUT2D eigenvalue weighted by atomic mass is 35.5. The first-order chi connectivity index (χ1) is 11.5. The number of hydrogen-bond acceptors (Lipinski definition) is 4. The predicted molar refractivity (Wildman–Crippen MR) is 98.5 cm³/mol. The van der Waals surface area contributed by atoms with Crippen LogP contribution in [0.25, 0.3) is 22.6 Å². The molecule has 6 heteroatoms. The standard InChI is InChI=1S/C15H10ClNO.C3H6O2S/c16-13-9-5-4-8-12(13)14-15(18-10-17-14)11-6-2-1-3-7-11;1-2(6)3(4)5/h1-10H;2,6H,1H3,(H,4,5). The van der Waals surface area contributed by atoms with Crippen LogP contribution >= 0.6 is 24.2 Å². The van der Waals surface area contributed by atoms with Crippen molar-refractivity contribution in [2.24, 2.45) is 0 Å². The fraction of sp³-hybridized carbons (Fsp3) is 0.111. The highest BCUT2D eigenvalue weighted by Gasteiger charge is 2.14. The van der Waals surface area contributed by atoms with Crippen LogP contribution in [0.2, 0.25) is 5.02 Å². The molecule has 3 aromatic rings. The van der Waals surface area contributed by atoms with Crippen LogP contribution in [-0.2, 0) is 4.79 Å². The van der Waals surface area contributed by atoms with E-state index in [1.165, 1.54) is 13.3 Å². The van der Waals surface area contributed by atoms with Gasteiger partial charge in [0.25, 0.3) is 0 Å². The molecule has 0 amide bonds. The summed E-state index contributed by atoms with van der Waals surface area (Å²) in [4.78, 5) is 13.9. The van der Waals surface area contributed by atoms with Gasteiger partial charge in [-0.3, -0.25) is 4.79 Å². The number of carbonyl (C=O) groups is 1. The first kappa shape index (κ1) is 18.1. The van der Waals surface area contributed by atoms with Crippen LogP contribution in [0.3, 0.4) is 0 Å². The molecule has 3 rings (SSSR count). The van der Waals surface area contributed by atoms with Gasteiger partial charge in [0.15, 0.2) is 12.2 Å². The van der Waals surface area contributed by atoms with Gasteiger partial charge in [0.05, 0.1) is 10.3 Å². The molecular formula is C18H16ClNO3S. The Hall–Kier alpha value is -2.24. The molecule has 1 unspecified atom stereocenters. The second-order valence-corrected chi connectivity index (χ2v) is 6.07. The van der Waals surface area contributed by atoms with E-state index in [-0.39, 0.29) is 0 Å². The van der Waals surface area contributed by atoms with Crippen molar-refractivity contribution < 1.29 is 14.3 Å². The van der Waals surface area contributed by atoms with E-state index in [9.17, 15) is 4.79 Å². The molecule has 2 aromatic carbocycles. The Morgan fingerprint density at radius 2 is 1.75 bits per heavy atom. The molecule has 1 aromatic heterocycles. The summed E-state index contributed by atoms with van der Waals surface area (Å²) in [6.45, 7) is 1.51. The van der Waals surface area contributed by atoms with Gasteiger partial charge >= 0.3 is 5.97 Å². The van der Waals surface area contributed by atoms with Gasteiger partial charge in [-0.25, -0.2) is 4.98 Å². The second-order valence-electron chi connectivity index (χ2n) is 4.89. The number of aliphatic carboxylic acids is 1. The molecule has 0 spiro atoms. The van der Waals surface area contributed by atoms with Crippen molar-refractivity contribution in [3.63, 3.8) is 0 Å². The number of rotatable bonds is 3. The maximum atomic E-state index is 9.62. The number of carboxylic acids is 1. The summed E-state index contributed by atoms with van der Waals surface area (Å²) in [5.74, 6) is -0.137. The van der Waals surface area contributed by atoms with E-state index >= 15 is 0 Å². The normalized spacial score (nSPS) is 11.3. The number of benzene rings is 2. The van der Waals surface area contributed by atoms with Gasteiger partial charge in [-0.05, 0) is 13.0 Å². The molecule has 0 aliphatic rings. The molecule has 0 bridgehead atoms. The lowest BCUT2D eigenvalue weighted by atomic mass is 10.1. The van der Waals surface area contributed by atoms with Crippen molar-refractivity contribution in [2.75, 3.05) is 0 Å².